The fourth-order valence-electron chi connectivity index (χ4n) is 1.44. The number of ether oxygens (including phenoxy) is 1. The maximum Gasteiger partial charge on any atom is 0.220 e. The molecule has 5 nitrogen and oxygen atoms in total. The first-order valence-corrected chi connectivity index (χ1v) is 6.92. The highest BCUT2D eigenvalue weighted by Gasteiger charge is 2.19. The van der Waals surface area contributed by atoms with Crippen LogP contribution >= 0.6 is 0 Å². The summed E-state index contributed by atoms with van der Waals surface area (Å²) in [5.41, 5.74) is 4.64. The van der Waals surface area contributed by atoms with Crippen LogP contribution in [-0.4, -0.2) is 30.6 Å². The topological polar surface area (TPSA) is 81.4 Å². The molecule has 0 spiro atoms. The van der Waals surface area contributed by atoms with E-state index in [1.807, 2.05) is 13.8 Å². The Morgan fingerprint density at radius 1 is 1.26 bits per heavy atom. The smallest absolute Gasteiger partial charge is 0.220 e. The predicted molar refractivity (Wildman–Crippen MR) is 75.5 cm³/mol. The van der Waals surface area contributed by atoms with Crippen molar-refractivity contribution in [2.24, 2.45) is 11.7 Å². The molecule has 0 heterocycles. The number of nitrogens with one attached hydrogen (secondary N) is 1. The van der Waals surface area contributed by atoms with E-state index in [9.17, 15) is 9.59 Å². The Hall–Kier alpha value is -1.10. The van der Waals surface area contributed by atoms with Gasteiger partial charge in [0.2, 0.25) is 11.8 Å². The van der Waals surface area contributed by atoms with Crippen molar-refractivity contribution in [1.82, 2.24) is 5.32 Å². The first kappa shape index (κ1) is 17.9. The van der Waals surface area contributed by atoms with Crippen LogP contribution in [0.5, 0.6) is 0 Å². The molecule has 0 aromatic heterocycles. The number of nitrogens with two attached hydrogens (primary N) is 1. The molecule has 0 atom stereocenters. The number of primary amides is 1. The van der Waals surface area contributed by atoms with Crippen LogP contribution in [0.1, 0.15) is 53.4 Å². The highest BCUT2D eigenvalue weighted by molar-refractivity contribution is 5.77. The van der Waals surface area contributed by atoms with Gasteiger partial charge in [0.1, 0.15) is 0 Å². The van der Waals surface area contributed by atoms with Gasteiger partial charge in [-0.3, -0.25) is 9.59 Å². The Labute approximate surface area is 116 Å². The molecular weight excluding hydrogens is 244 g/mol. The lowest BCUT2D eigenvalue weighted by Crippen LogP contribution is -2.40. The Bertz CT molecular complexity index is 288. The van der Waals surface area contributed by atoms with Crippen LogP contribution in [0.25, 0.3) is 0 Å². The summed E-state index contributed by atoms with van der Waals surface area (Å²) in [7, 11) is 0. The number of carbonyl (C=O) groups is 2. The van der Waals surface area contributed by atoms with Crippen molar-refractivity contribution < 1.29 is 14.3 Å². The number of hydrogen-bond acceptors (Lipinski definition) is 3. The van der Waals surface area contributed by atoms with Gasteiger partial charge in [-0.25, -0.2) is 0 Å². The molecule has 0 unspecified atom stereocenters. The standard InChI is InChI=1S/C14H28N2O3/c1-11(2)8-9-19-14(3,4)10-16-13(18)7-5-6-12(15)17/h11H,5-10H2,1-4H3,(H2,15,17)(H,16,18). The minimum atomic E-state index is -0.370. The fourth-order valence-corrected chi connectivity index (χ4v) is 1.44. The van der Waals surface area contributed by atoms with Crippen molar-refractivity contribution in [3.8, 4) is 0 Å². The lowest BCUT2D eigenvalue weighted by molar-refractivity contribution is -0.123. The zero-order valence-electron chi connectivity index (χ0n) is 12.6. The summed E-state index contributed by atoms with van der Waals surface area (Å²) in [5, 5.41) is 2.82. The molecule has 0 aliphatic rings. The van der Waals surface area contributed by atoms with Gasteiger partial charge in [-0.05, 0) is 32.6 Å². The van der Waals surface area contributed by atoms with Crippen LogP contribution in [0.15, 0.2) is 0 Å². The molecule has 0 fully saturated rings. The molecule has 0 aliphatic heterocycles. The van der Waals surface area contributed by atoms with Crippen LogP contribution < -0.4 is 11.1 Å². The maximum absolute atomic E-state index is 11.5. The minimum Gasteiger partial charge on any atom is -0.374 e. The van der Waals surface area contributed by atoms with Gasteiger partial charge in [0.15, 0.2) is 0 Å². The van der Waals surface area contributed by atoms with Crippen molar-refractivity contribution >= 4 is 11.8 Å². The molecule has 0 aromatic carbocycles. The van der Waals surface area contributed by atoms with E-state index in [0.717, 1.165) is 6.42 Å². The Balaban J connectivity index is 3.76. The summed E-state index contributed by atoms with van der Waals surface area (Å²) in [4.78, 5) is 22.1. The number of carbonyl (C=O) groups excluding carboxylic acids is 2. The molecule has 19 heavy (non-hydrogen) atoms. The van der Waals surface area contributed by atoms with Crippen molar-refractivity contribution in [3.05, 3.63) is 0 Å². The van der Waals surface area contributed by atoms with Gasteiger partial charge in [-0.2, -0.15) is 0 Å². The van der Waals surface area contributed by atoms with E-state index in [0.29, 0.717) is 31.9 Å². The van der Waals surface area contributed by atoms with Crippen molar-refractivity contribution in [1.29, 1.82) is 0 Å². The molecular formula is C14H28N2O3. The van der Waals surface area contributed by atoms with Crippen LogP contribution in [0.2, 0.25) is 0 Å². The average Bonchev–Trinajstić information content (AvgIpc) is 2.25. The van der Waals surface area contributed by atoms with Gasteiger partial charge < -0.3 is 15.8 Å². The van der Waals surface area contributed by atoms with Crippen molar-refractivity contribution in [2.45, 2.75) is 59.0 Å². The molecule has 0 rings (SSSR count). The minimum absolute atomic E-state index is 0.0678. The van der Waals surface area contributed by atoms with E-state index < -0.39 is 0 Å². The lowest BCUT2D eigenvalue weighted by Gasteiger charge is -2.26. The Kier molecular flexibility index (Phi) is 8.39. The maximum atomic E-state index is 11.5. The van der Waals surface area contributed by atoms with E-state index in [1.165, 1.54) is 0 Å². The molecule has 0 aliphatic carbocycles. The molecule has 5 heteroatoms. The monoisotopic (exact) mass is 272 g/mol. The summed E-state index contributed by atoms with van der Waals surface area (Å²) in [6.07, 6.45) is 2.08. The van der Waals surface area contributed by atoms with Gasteiger partial charge in [0, 0.05) is 26.0 Å². The largest absolute Gasteiger partial charge is 0.374 e. The summed E-state index contributed by atoms with van der Waals surface area (Å²) >= 11 is 0. The fraction of sp³-hybridized carbons (Fsp3) is 0.857. The summed E-state index contributed by atoms with van der Waals surface area (Å²) in [5.74, 6) is 0.172. The first-order valence-electron chi connectivity index (χ1n) is 6.92. The first-order chi connectivity index (χ1) is 8.73. The second-order valence-electron chi connectivity index (χ2n) is 5.89. The Morgan fingerprint density at radius 2 is 1.89 bits per heavy atom. The third-order valence-corrected chi connectivity index (χ3v) is 2.73. The third kappa shape index (κ3) is 11.7. The number of amides is 2. The van der Waals surface area contributed by atoms with Gasteiger partial charge in [-0.15, -0.1) is 0 Å². The van der Waals surface area contributed by atoms with Crippen molar-refractivity contribution in [3.63, 3.8) is 0 Å². The highest BCUT2D eigenvalue weighted by atomic mass is 16.5. The second-order valence-corrected chi connectivity index (χ2v) is 5.89. The zero-order valence-corrected chi connectivity index (χ0v) is 12.6. The van der Waals surface area contributed by atoms with Gasteiger partial charge >= 0.3 is 0 Å². The average molecular weight is 272 g/mol. The van der Waals surface area contributed by atoms with Crippen LogP contribution in [0.3, 0.4) is 0 Å². The van der Waals surface area contributed by atoms with Crippen molar-refractivity contribution in [2.75, 3.05) is 13.2 Å². The quantitative estimate of drug-likeness (QED) is 0.634. The third-order valence-electron chi connectivity index (χ3n) is 2.73. The summed E-state index contributed by atoms with van der Waals surface area (Å²) in [6.45, 7) is 9.38. The van der Waals surface area contributed by atoms with Crippen LogP contribution in [0, 0.1) is 5.92 Å². The number of rotatable bonds is 10. The van der Waals surface area contributed by atoms with E-state index in [-0.39, 0.29) is 23.8 Å². The highest BCUT2D eigenvalue weighted by Crippen LogP contribution is 2.10. The van der Waals surface area contributed by atoms with E-state index >= 15 is 0 Å². The van der Waals surface area contributed by atoms with Crippen LogP contribution in [0.4, 0.5) is 0 Å². The molecule has 0 radical (unpaired) electrons. The van der Waals surface area contributed by atoms with Gasteiger partial charge in [0.05, 0.1) is 5.60 Å². The zero-order chi connectivity index (χ0) is 14.9. The normalized spacial score (nSPS) is 11.6. The van der Waals surface area contributed by atoms with Crippen LogP contribution in [-0.2, 0) is 14.3 Å². The molecule has 2 amide bonds. The van der Waals surface area contributed by atoms with Gasteiger partial charge in [-0.1, -0.05) is 13.8 Å². The molecule has 0 bridgehead atoms. The van der Waals surface area contributed by atoms with E-state index in [2.05, 4.69) is 19.2 Å². The summed E-state index contributed by atoms with van der Waals surface area (Å²) < 4.78 is 5.74. The molecule has 112 valence electrons. The van der Waals surface area contributed by atoms with E-state index in [1.54, 1.807) is 0 Å². The lowest BCUT2D eigenvalue weighted by atomic mass is 10.1. The molecule has 0 aromatic rings. The van der Waals surface area contributed by atoms with E-state index in [4.69, 9.17) is 10.5 Å². The SMILES string of the molecule is CC(C)CCOC(C)(C)CNC(=O)CCCC(N)=O. The molecule has 3 N–H and O–H groups in total. The van der Waals surface area contributed by atoms with Gasteiger partial charge in [0.25, 0.3) is 0 Å². The molecule has 0 saturated heterocycles. The predicted octanol–water partition coefficient (Wildman–Crippen LogP) is 1.60. The second kappa shape index (κ2) is 8.91. The number of hydrogen-bond donors (Lipinski definition) is 2. The molecule has 0 saturated carbocycles. The Morgan fingerprint density at radius 3 is 2.42 bits per heavy atom. The summed E-state index contributed by atoms with van der Waals surface area (Å²) in [6, 6.07) is 0.